The number of carbonyl (C=O) groups excluding carboxylic acids is 1. The third kappa shape index (κ3) is 6.09. The topological polar surface area (TPSA) is 157 Å². The lowest BCUT2D eigenvalue weighted by Gasteiger charge is -2.31. The number of rotatable bonds is 5. The van der Waals surface area contributed by atoms with Crippen molar-refractivity contribution in [3.63, 3.8) is 0 Å². The molecule has 1 fully saturated rings. The average Bonchev–Trinajstić information content (AvgIpc) is 3.41. The molecule has 0 bridgehead atoms. The maximum atomic E-state index is 13.7. The molecule has 6 rings (SSSR count). The number of aryl methyl sites for hydroxylation is 2. The van der Waals surface area contributed by atoms with E-state index in [1.165, 1.54) is 21.3 Å². The second kappa shape index (κ2) is 12.9. The van der Waals surface area contributed by atoms with Crippen molar-refractivity contribution in [1.29, 1.82) is 0 Å². The largest absolute Gasteiger partial charge is 0.545 e. The molecule has 1 aliphatic heterocycles. The average molecular weight is 594 g/mol. The standard InChI is InChI=1S/C25H28N8O2.C7H6O2/c1-4-5-13-32-21-22(29-24(32)31-12-8-9-17(26)14-31)30(3)25(35)33(23(21)34)15-20-27-16(2)18-10-6-7-11-19(18)28-20;8-7(9)6-4-2-1-3-5-6/h6-7,10-11,17H,8-9,12-15,26H2,1-3H3;1-5H,(H,8,9)/p-1/t17-;/m1./s1. The Labute approximate surface area is 253 Å². The van der Waals surface area contributed by atoms with Crippen molar-refractivity contribution in [1.82, 2.24) is 28.7 Å². The Balaban J connectivity index is 0.000000367. The fourth-order valence-corrected chi connectivity index (χ4v) is 5.32. The predicted octanol–water partition coefficient (Wildman–Crippen LogP) is 1.20. The van der Waals surface area contributed by atoms with E-state index in [-0.39, 0.29) is 24.7 Å². The molecule has 1 saturated heterocycles. The molecule has 1 aliphatic rings. The summed E-state index contributed by atoms with van der Waals surface area (Å²) in [6.07, 6.45) is 1.88. The number of nitrogens with two attached hydrogens (primary N) is 1. The van der Waals surface area contributed by atoms with Gasteiger partial charge in [-0.05, 0) is 38.3 Å². The Bertz CT molecular complexity index is 2020. The van der Waals surface area contributed by atoms with Gasteiger partial charge in [-0.2, -0.15) is 4.98 Å². The molecule has 5 aromatic rings. The zero-order valence-electron chi connectivity index (χ0n) is 24.9. The number of aromatic carboxylic acids is 1. The Morgan fingerprint density at radius 1 is 1.05 bits per heavy atom. The van der Waals surface area contributed by atoms with Crippen LogP contribution in [0.5, 0.6) is 0 Å². The summed E-state index contributed by atoms with van der Waals surface area (Å²) in [5, 5.41) is 11.0. The molecular weight excluding hydrogens is 560 g/mol. The van der Waals surface area contributed by atoms with Crippen molar-refractivity contribution in [2.24, 2.45) is 12.8 Å². The smallest absolute Gasteiger partial charge is 0.332 e. The number of fused-ring (bicyclic) bond motifs is 2. The number of carbonyl (C=O) groups is 1. The van der Waals surface area contributed by atoms with Crippen LogP contribution < -0.4 is 27.0 Å². The van der Waals surface area contributed by atoms with E-state index in [1.807, 2.05) is 31.2 Å². The summed E-state index contributed by atoms with van der Waals surface area (Å²) in [5.41, 5.74) is 7.76. The zero-order chi connectivity index (χ0) is 31.4. The van der Waals surface area contributed by atoms with E-state index in [0.29, 0.717) is 29.5 Å². The van der Waals surface area contributed by atoms with E-state index in [2.05, 4.69) is 26.7 Å². The van der Waals surface area contributed by atoms with Gasteiger partial charge in [0.25, 0.3) is 5.56 Å². The Kier molecular flexibility index (Phi) is 8.87. The lowest BCUT2D eigenvalue weighted by atomic mass is 10.1. The molecule has 0 amide bonds. The van der Waals surface area contributed by atoms with Gasteiger partial charge in [0.15, 0.2) is 11.2 Å². The molecule has 0 saturated carbocycles. The number of piperidine rings is 1. The molecular formula is C32H33N8O4-. The molecule has 2 aromatic carbocycles. The first kappa shape index (κ1) is 30.2. The van der Waals surface area contributed by atoms with Gasteiger partial charge in [-0.25, -0.2) is 14.8 Å². The highest BCUT2D eigenvalue weighted by Gasteiger charge is 2.26. The van der Waals surface area contributed by atoms with Gasteiger partial charge in [0.1, 0.15) is 5.82 Å². The number of aromatic nitrogens is 6. The summed E-state index contributed by atoms with van der Waals surface area (Å²) in [6, 6.07) is 15.8. The van der Waals surface area contributed by atoms with Crippen LogP contribution in [0.2, 0.25) is 0 Å². The first-order valence-corrected chi connectivity index (χ1v) is 14.3. The number of benzene rings is 2. The number of imidazole rings is 1. The van der Waals surface area contributed by atoms with Gasteiger partial charge in [-0.1, -0.05) is 54.5 Å². The van der Waals surface area contributed by atoms with Gasteiger partial charge in [0.2, 0.25) is 5.95 Å². The third-order valence-corrected chi connectivity index (χ3v) is 7.52. The summed E-state index contributed by atoms with van der Waals surface area (Å²) in [5.74, 6) is 5.83. The van der Waals surface area contributed by atoms with Crippen LogP contribution in [0.1, 0.15) is 41.6 Å². The van der Waals surface area contributed by atoms with Crippen molar-refractivity contribution >= 4 is 34.0 Å². The molecule has 0 spiro atoms. The minimum absolute atomic E-state index is 0.0306. The van der Waals surface area contributed by atoms with Crippen LogP contribution in [0, 0.1) is 18.8 Å². The van der Waals surface area contributed by atoms with Crippen LogP contribution in [-0.4, -0.2) is 53.8 Å². The maximum Gasteiger partial charge on any atom is 0.332 e. The summed E-state index contributed by atoms with van der Waals surface area (Å²) >= 11 is 0. The fourth-order valence-electron chi connectivity index (χ4n) is 5.32. The van der Waals surface area contributed by atoms with Crippen LogP contribution in [0.15, 0.2) is 64.2 Å². The number of nitrogens with zero attached hydrogens (tertiary/aromatic N) is 7. The molecule has 0 radical (unpaired) electrons. The highest BCUT2D eigenvalue weighted by atomic mass is 16.4. The van der Waals surface area contributed by atoms with Crippen LogP contribution in [0.4, 0.5) is 5.95 Å². The molecule has 0 aliphatic carbocycles. The lowest BCUT2D eigenvalue weighted by molar-refractivity contribution is -0.255. The lowest BCUT2D eigenvalue weighted by Crippen LogP contribution is -2.44. The number of hydrogen-bond donors (Lipinski definition) is 1. The number of anilines is 1. The van der Waals surface area contributed by atoms with Crippen LogP contribution in [0.25, 0.3) is 22.1 Å². The van der Waals surface area contributed by atoms with Gasteiger partial charge in [0, 0.05) is 37.3 Å². The molecule has 12 nitrogen and oxygen atoms in total. The number of hydrogen-bond acceptors (Lipinski definition) is 9. The fraction of sp³-hybridized carbons (Fsp3) is 0.312. The zero-order valence-corrected chi connectivity index (χ0v) is 24.9. The van der Waals surface area contributed by atoms with E-state index in [0.717, 1.165) is 36.0 Å². The normalized spacial score (nSPS) is 14.5. The SMILES string of the molecule is CC#CCn1c(N2CCC[C@@H](N)C2)nc2c1c(=O)n(Cc1nc(C)c3ccccc3n1)c(=O)n2C.O=C([O-])c1ccccc1. The highest BCUT2D eigenvalue weighted by Crippen LogP contribution is 2.23. The van der Waals surface area contributed by atoms with E-state index < -0.39 is 17.2 Å². The van der Waals surface area contributed by atoms with Crippen molar-refractivity contribution in [2.45, 2.75) is 45.8 Å². The molecule has 44 heavy (non-hydrogen) atoms. The van der Waals surface area contributed by atoms with E-state index in [1.54, 1.807) is 36.7 Å². The summed E-state index contributed by atoms with van der Waals surface area (Å²) in [6.45, 7) is 5.31. The molecule has 2 N–H and O–H groups in total. The Morgan fingerprint density at radius 3 is 2.45 bits per heavy atom. The molecule has 0 unspecified atom stereocenters. The second-order valence-corrected chi connectivity index (χ2v) is 10.6. The number of carboxylic acids is 1. The molecule has 226 valence electrons. The molecule has 1 atom stereocenters. The molecule has 4 heterocycles. The molecule has 12 heteroatoms. The van der Waals surface area contributed by atoms with Gasteiger partial charge >= 0.3 is 5.69 Å². The van der Waals surface area contributed by atoms with Gasteiger partial charge in [-0.15, -0.1) is 5.92 Å². The van der Waals surface area contributed by atoms with Crippen molar-refractivity contribution in [3.05, 3.63) is 92.5 Å². The van der Waals surface area contributed by atoms with Crippen LogP contribution in [-0.2, 0) is 20.1 Å². The third-order valence-electron chi connectivity index (χ3n) is 7.52. The van der Waals surface area contributed by atoms with Crippen molar-refractivity contribution in [3.8, 4) is 11.8 Å². The van der Waals surface area contributed by atoms with Crippen LogP contribution in [0.3, 0.4) is 0 Å². The Hall–Kier alpha value is -5.28. The maximum absolute atomic E-state index is 13.7. The Morgan fingerprint density at radius 2 is 1.77 bits per heavy atom. The highest BCUT2D eigenvalue weighted by molar-refractivity contribution is 5.85. The van der Waals surface area contributed by atoms with E-state index >= 15 is 0 Å². The second-order valence-electron chi connectivity index (χ2n) is 10.6. The van der Waals surface area contributed by atoms with E-state index in [9.17, 15) is 19.5 Å². The van der Waals surface area contributed by atoms with Crippen molar-refractivity contribution in [2.75, 3.05) is 18.0 Å². The quantitative estimate of drug-likeness (QED) is 0.296. The summed E-state index contributed by atoms with van der Waals surface area (Å²) in [4.78, 5) is 53.1. The monoisotopic (exact) mass is 593 g/mol. The predicted molar refractivity (Wildman–Crippen MR) is 166 cm³/mol. The van der Waals surface area contributed by atoms with Crippen LogP contribution >= 0.6 is 0 Å². The summed E-state index contributed by atoms with van der Waals surface area (Å²) < 4.78 is 4.39. The number of carboxylic acid groups (broad SMARTS) is 1. The van der Waals surface area contributed by atoms with Gasteiger partial charge in [-0.3, -0.25) is 18.5 Å². The first-order chi connectivity index (χ1) is 21.2. The van der Waals surface area contributed by atoms with E-state index in [4.69, 9.17) is 10.7 Å². The minimum Gasteiger partial charge on any atom is -0.545 e. The van der Waals surface area contributed by atoms with Crippen molar-refractivity contribution < 1.29 is 9.90 Å². The van der Waals surface area contributed by atoms with Gasteiger partial charge in [0.05, 0.1) is 24.6 Å². The number of para-hydroxylation sites is 1. The summed E-state index contributed by atoms with van der Waals surface area (Å²) in [7, 11) is 1.63. The minimum atomic E-state index is -1.13. The molecule has 3 aromatic heterocycles. The van der Waals surface area contributed by atoms with Gasteiger partial charge < -0.3 is 20.5 Å². The first-order valence-electron chi connectivity index (χ1n) is 14.3.